The second-order valence-corrected chi connectivity index (χ2v) is 7.46. The molecule has 0 saturated heterocycles. The van der Waals surface area contributed by atoms with E-state index in [2.05, 4.69) is 26.5 Å². The number of benzene rings is 2. The summed E-state index contributed by atoms with van der Waals surface area (Å²) in [5, 5.41) is 0. The Morgan fingerprint density at radius 2 is 1.36 bits per heavy atom. The molecule has 0 fully saturated rings. The predicted octanol–water partition coefficient (Wildman–Crippen LogP) is 7.12. The molecule has 132 valence electrons. The first-order chi connectivity index (χ1) is 11.6. The molecule has 0 atom stereocenters. The Bertz CT molecular complexity index is 767. The summed E-state index contributed by atoms with van der Waals surface area (Å²) >= 11 is 0. The standard InChI is InChI=1S/C22H23F3/c1-16(15-21(2,3)4)14-20(17-8-6-5-7-9-17)18-10-12-19(13-11-18)22(23,24)25/h5-13H,15H2,1-4H3. The number of rotatable bonds is 3. The molecule has 3 heteroatoms. The topological polar surface area (TPSA) is 0 Å². The quantitative estimate of drug-likeness (QED) is 0.520. The molecule has 0 radical (unpaired) electrons. The van der Waals surface area contributed by atoms with Crippen LogP contribution in [0, 0.1) is 5.41 Å². The summed E-state index contributed by atoms with van der Waals surface area (Å²) in [5.41, 5.74) is 6.46. The van der Waals surface area contributed by atoms with Crippen LogP contribution < -0.4 is 0 Å². The molecule has 2 rings (SSSR count). The van der Waals surface area contributed by atoms with Crippen LogP contribution in [0.5, 0.6) is 0 Å². The molecule has 0 N–H and O–H groups in total. The van der Waals surface area contributed by atoms with Crippen molar-refractivity contribution in [1.82, 2.24) is 0 Å². The lowest BCUT2D eigenvalue weighted by Gasteiger charge is -2.17. The largest absolute Gasteiger partial charge is 0.416 e. The third-order valence-corrected chi connectivity index (χ3v) is 3.70. The highest BCUT2D eigenvalue weighted by molar-refractivity contribution is 5.79. The minimum absolute atomic E-state index is 0.124. The molecule has 0 unspecified atom stereocenters. The fraction of sp³-hybridized carbons (Fsp3) is 0.318. The van der Waals surface area contributed by atoms with Gasteiger partial charge in [-0.3, -0.25) is 0 Å². The summed E-state index contributed by atoms with van der Waals surface area (Å²) in [6, 6.07) is 14.9. The predicted molar refractivity (Wildman–Crippen MR) is 97.2 cm³/mol. The van der Waals surface area contributed by atoms with Gasteiger partial charge in [-0.15, -0.1) is 5.73 Å². The van der Waals surface area contributed by atoms with Crippen molar-refractivity contribution in [2.45, 2.75) is 40.3 Å². The van der Waals surface area contributed by atoms with Gasteiger partial charge in [-0.25, -0.2) is 0 Å². The smallest absolute Gasteiger partial charge is 0.166 e. The monoisotopic (exact) mass is 344 g/mol. The van der Waals surface area contributed by atoms with Crippen LogP contribution in [0.2, 0.25) is 0 Å². The van der Waals surface area contributed by atoms with E-state index in [1.807, 2.05) is 37.3 Å². The molecule has 0 spiro atoms. The van der Waals surface area contributed by atoms with Crippen LogP contribution in [0.25, 0.3) is 5.57 Å². The SMILES string of the molecule is CC(=C=C(c1ccccc1)c1ccc(C(F)(F)F)cc1)CC(C)(C)C. The highest BCUT2D eigenvalue weighted by Gasteiger charge is 2.30. The zero-order valence-corrected chi connectivity index (χ0v) is 15.0. The Balaban J connectivity index is 2.55. The van der Waals surface area contributed by atoms with Crippen molar-refractivity contribution < 1.29 is 13.2 Å². The van der Waals surface area contributed by atoms with Crippen molar-refractivity contribution >= 4 is 5.57 Å². The van der Waals surface area contributed by atoms with Crippen molar-refractivity contribution in [3.63, 3.8) is 0 Å². The summed E-state index contributed by atoms with van der Waals surface area (Å²) < 4.78 is 38.4. The van der Waals surface area contributed by atoms with Crippen LogP contribution in [-0.4, -0.2) is 0 Å². The molecule has 0 heterocycles. The lowest BCUT2D eigenvalue weighted by atomic mass is 9.88. The van der Waals surface area contributed by atoms with Gasteiger partial charge in [0, 0.05) is 5.57 Å². The normalized spacial score (nSPS) is 11.8. The maximum Gasteiger partial charge on any atom is 0.416 e. The van der Waals surface area contributed by atoms with Gasteiger partial charge in [0.25, 0.3) is 0 Å². The van der Waals surface area contributed by atoms with Gasteiger partial charge in [0.15, 0.2) is 0 Å². The number of halogens is 3. The third-order valence-electron chi connectivity index (χ3n) is 3.70. The van der Waals surface area contributed by atoms with Crippen molar-refractivity contribution in [1.29, 1.82) is 0 Å². The maximum absolute atomic E-state index is 12.8. The molecule has 0 nitrogen and oxygen atoms in total. The van der Waals surface area contributed by atoms with Crippen LogP contribution in [-0.2, 0) is 6.18 Å². The second-order valence-electron chi connectivity index (χ2n) is 7.46. The van der Waals surface area contributed by atoms with E-state index < -0.39 is 11.7 Å². The van der Waals surface area contributed by atoms with E-state index in [1.165, 1.54) is 12.1 Å². The van der Waals surface area contributed by atoms with Crippen LogP contribution in [0.15, 0.2) is 65.9 Å². The van der Waals surface area contributed by atoms with Gasteiger partial charge in [-0.1, -0.05) is 63.2 Å². The number of hydrogen-bond acceptors (Lipinski definition) is 0. The van der Waals surface area contributed by atoms with E-state index >= 15 is 0 Å². The highest BCUT2D eigenvalue weighted by Crippen LogP contribution is 2.32. The number of hydrogen-bond donors (Lipinski definition) is 0. The van der Waals surface area contributed by atoms with Gasteiger partial charge >= 0.3 is 6.18 Å². The molecule has 0 amide bonds. The van der Waals surface area contributed by atoms with Gasteiger partial charge in [-0.05, 0) is 47.6 Å². The minimum atomic E-state index is -4.33. The first-order valence-electron chi connectivity index (χ1n) is 8.26. The van der Waals surface area contributed by atoms with Crippen molar-refractivity contribution in [3.05, 3.63) is 82.6 Å². The average Bonchev–Trinajstić information content (AvgIpc) is 2.51. The van der Waals surface area contributed by atoms with Gasteiger partial charge in [0.2, 0.25) is 0 Å². The molecular formula is C22H23F3. The molecule has 2 aromatic rings. The van der Waals surface area contributed by atoms with Crippen LogP contribution in [0.3, 0.4) is 0 Å². The Labute approximate surface area is 147 Å². The molecule has 25 heavy (non-hydrogen) atoms. The van der Waals surface area contributed by atoms with E-state index in [9.17, 15) is 13.2 Å². The van der Waals surface area contributed by atoms with E-state index in [0.717, 1.165) is 40.8 Å². The number of allylic oxidation sites excluding steroid dienone is 1. The van der Waals surface area contributed by atoms with E-state index in [4.69, 9.17) is 0 Å². The molecule has 0 aromatic heterocycles. The van der Waals surface area contributed by atoms with Crippen LogP contribution in [0.1, 0.15) is 50.8 Å². The Hall–Kier alpha value is -2.25. The highest BCUT2D eigenvalue weighted by atomic mass is 19.4. The molecular weight excluding hydrogens is 321 g/mol. The van der Waals surface area contributed by atoms with Crippen LogP contribution >= 0.6 is 0 Å². The fourth-order valence-electron chi connectivity index (χ4n) is 2.79. The molecule has 0 aliphatic rings. The van der Waals surface area contributed by atoms with Crippen LogP contribution in [0.4, 0.5) is 13.2 Å². The zero-order valence-electron chi connectivity index (χ0n) is 15.0. The summed E-state index contributed by atoms with van der Waals surface area (Å²) in [5.74, 6) is 0. The first-order valence-corrected chi connectivity index (χ1v) is 8.26. The second kappa shape index (κ2) is 7.33. The van der Waals surface area contributed by atoms with Crippen molar-refractivity contribution in [3.8, 4) is 0 Å². The average molecular weight is 344 g/mol. The van der Waals surface area contributed by atoms with Gasteiger partial charge in [0.1, 0.15) is 0 Å². The first kappa shape index (κ1) is 19.1. The van der Waals surface area contributed by atoms with E-state index in [0.29, 0.717) is 0 Å². The van der Waals surface area contributed by atoms with Gasteiger partial charge < -0.3 is 0 Å². The Kier molecular flexibility index (Phi) is 5.59. The lowest BCUT2D eigenvalue weighted by Crippen LogP contribution is -2.05. The molecule has 0 aliphatic heterocycles. The number of alkyl halides is 3. The molecule has 0 saturated carbocycles. The molecule has 0 bridgehead atoms. The molecule has 2 aromatic carbocycles. The van der Waals surface area contributed by atoms with Gasteiger partial charge in [-0.2, -0.15) is 13.2 Å². The fourth-order valence-corrected chi connectivity index (χ4v) is 2.79. The van der Waals surface area contributed by atoms with E-state index in [-0.39, 0.29) is 5.41 Å². The Morgan fingerprint density at radius 1 is 0.840 bits per heavy atom. The lowest BCUT2D eigenvalue weighted by molar-refractivity contribution is -0.137. The summed E-state index contributed by atoms with van der Waals surface area (Å²) in [6.07, 6.45) is -3.46. The molecule has 0 aliphatic carbocycles. The van der Waals surface area contributed by atoms with Crippen molar-refractivity contribution in [2.24, 2.45) is 5.41 Å². The summed E-state index contributed by atoms with van der Waals surface area (Å²) in [4.78, 5) is 0. The van der Waals surface area contributed by atoms with Gasteiger partial charge in [0.05, 0.1) is 5.56 Å². The summed E-state index contributed by atoms with van der Waals surface area (Å²) in [7, 11) is 0. The Morgan fingerprint density at radius 3 is 1.84 bits per heavy atom. The zero-order chi connectivity index (χ0) is 18.7. The third kappa shape index (κ3) is 5.65. The summed E-state index contributed by atoms with van der Waals surface area (Å²) in [6.45, 7) is 8.47. The van der Waals surface area contributed by atoms with E-state index in [1.54, 1.807) is 0 Å². The van der Waals surface area contributed by atoms with Crippen molar-refractivity contribution in [2.75, 3.05) is 0 Å². The minimum Gasteiger partial charge on any atom is -0.166 e. The maximum atomic E-state index is 12.8.